The second-order valence-electron chi connectivity index (χ2n) is 5.25. The number of hydrogen-bond donors (Lipinski definition) is 0. The molecule has 1 aliphatic heterocycles. The van der Waals surface area contributed by atoms with Crippen LogP contribution in [0.15, 0.2) is 48.5 Å². The molecule has 0 aliphatic carbocycles. The Bertz CT molecular complexity index is 814. The van der Waals surface area contributed by atoms with Crippen LogP contribution in [0.2, 0.25) is 5.02 Å². The first-order valence-corrected chi connectivity index (χ1v) is 7.45. The van der Waals surface area contributed by atoms with Gasteiger partial charge in [-0.15, -0.1) is 0 Å². The maximum atomic E-state index is 6.60. The summed E-state index contributed by atoms with van der Waals surface area (Å²) in [5, 5.41) is 1.79. The van der Waals surface area contributed by atoms with Crippen LogP contribution >= 0.6 is 11.6 Å². The van der Waals surface area contributed by atoms with E-state index in [1.54, 1.807) is 0 Å². The number of nitrogens with zero attached hydrogens (tertiary/aromatic N) is 1. The summed E-state index contributed by atoms with van der Waals surface area (Å²) in [7, 11) is 0. The van der Waals surface area contributed by atoms with Crippen LogP contribution in [0, 0.1) is 0 Å². The van der Waals surface area contributed by atoms with Crippen LogP contribution in [0.25, 0.3) is 22.0 Å². The van der Waals surface area contributed by atoms with Crippen molar-refractivity contribution in [3.63, 3.8) is 0 Å². The molecule has 0 fully saturated rings. The van der Waals surface area contributed by atoms with Crippen molar-refractivity contribution in [3.05, 3.63) is 64.8 Å². The van der Waals surface area contributed by atoms with Gasteiger partial charge in [0.2, 0.25) is 0 Å². The number of benzene rings is 2. The van der Waals surface area contributed by atoms with Crippen molar-refractivity contribution in [2.24, 2.45) is 0 Å². The van der Waals surface area contributed by atoms with E-state index in [-0.39, 0.29) is 0 Å². The molecule has 3 heteroatoms. The molecule has 0 atom stereocenters. The summed E-state index contributed by atoms with van der Waals surface area (Å²) in [6.45, 7) is 1.29. The van der Waals surface area contributed by atoms with Gasteiger partial charge in [-0.2, -0.15) is 0 Å². The Balaban J connectivity index is 1.93. The number of fused-ring (bicyclic) bond motifs is 2. The molecule has 0 saturated carbocycles. The predicted octanol–water partition coefficient (Wildman–Crippen LogP) is 4.63. The highest BCUT2D eigenvalue weighted by atomic mass is 35.5. The second kappa shape index (κ2) is 5.14. The van der Waals surface area contributed by atoms with Gasteiger partial charge in [-0.25, -0.2) is 0 Å². The van der Waals surface area contributed by atoms with Crippen LogP contribution in [0.3, 0.4) is 0 Å². The fourth-order valence-electron chi connectivity index (χ4n) is 2.82. The topological polar surface area (TPSA) is 22.1 Å². The van der Waals surface area contributed by atoms with Gasteiger partial charge >= 0.3 is 0 Å². The number of rotatable bonds is 1. The van der Waals surface area contributed by atoms with Gasteiger partial charge in [0.05, 0.1) is 29.4 Å². The van der Waals surface area contributed by atoms with Gasteiger partial charge in [0.15, 0.2) is 0 Å². The highest BCUT2D eigenvalue weighted by Crippen LogP contribution is 2.33. The Kier molecular flexibility index (Phi) is 3.13. The van der Waals surface area contributed by atoms with Crippen LogP contribution in [-0.2, 0) is 17.8 Å². The summed E-state index contributed by atoms with van der Waals surface area (Å²) in [6.07, 6.45) is 0.839. The molecule has 104 valence electrons. The molecule has 4 rings (SSSR count). The van der Waals surface area contributed by atoms with Crippen molar-refractivity contribution < 1.29 is 4.74 Å². The smallest absolute Gasteiger partial charge is 0.0749 e. The fraction of sp³-hybridized carbons (Fsp3) is 0.167. The minimum Gasteiger partial charge on any atom is -0.376 e. The number of pyridine rings is 1. The quantitative estimate of drug-likeness (QED) is 0.653. The van der Waals surface area contributed by atoms with Crippen LogP contribution in [-0.4, -0.2) is 11.6 Å². The van der Waals surface area contributed by atoms with Crippen molar-refractivity contribution in [1.82, 2.24) is 4.98 Å². The van der Waals surface area contributed by atoms with Gasteiger partial charge in [-0.3, -0.25) is 4.98 Å². The zero-order valence-electron chi connectivity index (χ0n) is 11.5. The van der Waals surface area contributed by atoms with E-state index >= 15 is 0 Å². The van der Waals surface area contributed by atoms with E-state index in [2.05, 4.69) is 30.3 Å². The van der Waals surface area contributed by atoms with E-state index in [4.69, 9.17) is 21.3 Å². The zero-order chi connectivity index (χ0) is 14.2. The molecule has 1 aliphatic rings. The van der Waals surface area contributed by atoms with Gasteiger partial charge in [0.1, 0.15) is 0 Å². The summed E-state index contributed by atoms with van der Waals surface area (Å²) in [4.78, 5) is 4.75. The van der Waals surface area contributed by atoms with Crippen LogP contribution < -0.4 is 0 Å². The third kappa shape index (κ3) is 2.21. The van der Waals surface area contributed by atoms with E-state index in [1.807, 2.05) is 18.2 Å². The van der Waals surface area contributed by atoms with Gasteiger partial charge in [-0.1, -0.05) is 48.0 Å². The van der Waals surface area contributed by atoms with Gasteiger partial charge in [0.25, 0.3) is 0 Å². The number of halogens is 1. The Morgan fingerprint density at radius 2 is 1.86 bits per heavy atom. The van der Waals surface area contributed by atoms with E-state index in [9.17, 15) is 0 Å². The monoisotopic (exact) mass is 295 g/mol. The average Bonchev–Trinajstić information content (AvgIpc) is 2.56. The first-order valence-electron chi connectivity index (χ1n) is 7.07. The maximum Gasteiger partial charge on any atom is 0.0749 e. The Morgan fingerprint density at radius 1 is 1.00 bits per heavy atom. The molecule has 0 bridgehead atoms. The summed E-state index contributed by atoms with van der Waals surface area (Å²) >= 11 is 6.60. The lowest BCUT2D eigenvalue weighted by atomic mass is 10.0. The third-order valence-corrected chi connectivity index (χ3v) is 4.37. The first kappa shape index (κ1) is 12.8. The lowest BCUT2D eigenvalue weighted by Gasteiger charge is -2.18. The molecule has 0 N–H and O–H groups in total. The number of ether oxygens (including phenoxy) is 1. The minimum absolute atomic E-state index is 0.562. The Morgan fingerprint density at radius 3 is 2.71 bits per heavy atom. The number of hydrogen-bond acceptors (Lipinski definition) is 2. The van der Waals surface area contributed by atoms with Crippen LogP contribution in [0.1, 0.15) is 11.3 Å². The molecular formula is C18H14ClNO. The molecular weight excluding hydrogens is 282 g/mol. The lowest BCUT2D eigenvalue weighted by molar-refractivity contribution is 0.109. The van der Waals surface area contributed by atoms with Crippen molar-refractivity contribution in [2.75, 3.05) is 6.61 Å². The van der Waals surface area contributed by atoms with Gasteiger partial charge in [0, 0.05) is 17.4 Å². The highest BCUT2D eigenvalue weighted by Gasteiger charge is 2.17. The standard InChI is InChI=1S/C18H14ClNO/c19-18-14-10-13(12-4-2-1-3-5-12)6-7-16(14)20-17-8-9-21-11-15(17)18/h1-7,10H,8-9,11H2. The predicted molar refractivity (Wildman–Crippen MR) is 85.5 cm³/mol. The summed E-state index contributed by atoms with van der Waals surface area (Å²) in [5.74, 6) is 0. The molecule has 3 aromatic rings. The van der Waals surface area contributed by atoms with Crippen molar-refractivity contribution in [1.29, 1.82) is 0 Å². The second-order valence-corrected chi connectivity index (χ2v) is 5.63. The third-order valence-electron chi connectivity index (χ3n) is 3.94. The molecule has 2 nitrogen and oxygen atoms in total. The van der Waals surface area contributed by atoms with Crippen molar-refractivity contribution in [2.45, 2.75) is 13.0 Å². The average molecular weight is 296 g/mol. The van der Waals surface area contributed by atoms with Gasteiger partial charge < -0.3 is 4.74 Å². The maximum absolute atomic E-state index is 6.60. The summed E-state index contributed by atoms with van der Waals surface area (Å²) in [6, 6.07) is 16.6. The summed E-state index contributed by atoms with van der Waals surface area (Å²) in [5.41, 5.74) is 5.42. The molecule has 0 amide bonds. The minimum atomic E-state index is 0.562. The molecule has 1 aromatic heterocycles. The SMILES string of the molecule is Clc1c2c(nc3ccc(-c4ccccc4)cc13)CCOC2. The van der Waals surface area contributed by atoms with E-state index in [0.717, 1.165) is 45.8 Å². The normalized spacial score (nSPS) is 14.1. The zero-order valence-corrected chi connectivity index (χ0v) is 12.2. The molecule has 2 heterocycles. The van der Waals surface area contributed by atoms with Crippen LogP contribution in [0.5, 0.6) is 0 Å². The van der Waals surface area contributed by atoms with Crippen LogP contribution in [0.4, 0.5) is 0 Å². The molecule has 0 saturated heterocycles. The van der Waals surface area contributed by atoms with Crippen molar-refractivity contribution >= 4 is 22.5 Å². The molecule has 2 aromatic carbocycles. The molecule has 0 unspecified atom stereocenters. The first-order chi connectivity index (χ1) is 10.3. The number of aromatic nitrogens is 1. The highest BCUT2D eigenvalue weighted by molar-refractivity contribution is 6.36. The molecule has 0 spiro atoms. The van der Waals surface area contributed by atoms with Gasteiger partial charge in [-0.05, 0) is 23.3 Å². The Hall–Kier alpha value is -1.90. The largest absolute Gasteiger partial charge is 0.376 e. The lowest BCUT2D eigenvalue weighted by Crippen LogP contribution is -2.12. The fourth-order valence-corrected chi connectivity index (χ4v) is 3.13. The van der Waals surface area contributed by atoms with E-state index < -0.39 is 0 Å². The molecule has 21 heavy (non-hydrogen) atoms. The molecule has 0 radical (unpaired) electrons. The van der Waals surface area contributed by atoms with E-state index in [0.29, 0.717) is 6.61 Å². The summed E-state index contributed by atoms with van der Waals surface area (Å²) < 4.78 is 5.52. The Labute approximate surface area is 128 Å². The van der Waals surface area contributed by atoms with E-state index in [1.165, 1.54) is 5.56 Å². The van der Waals surface area contributed by atoms with Crippen molar-refractivity contribution in [3.8, 4) is 11.1 Å².